The lowest BCUT2D eigenvalue weighted by atomic mass is 9.99. The summed E-state index contributed by atoms with van der Waals surface area (Å²) >= 11 is 6.10. The fourth-order valence-corrected chi connectivity index (χ4v) is 10.1. The van der Waals surface area contributed by atoms with E-state index in [1.165, 1.54) is 64.8 Å². The Labute approximate surface area is 370 Å². The predicted molar refractivity (Wildman–Crippen MR) is 242 cm³/mol. The molecule has 63 heavy (non-hydrogen) atoms. The molecule has 0 aliphatic heterocycles. The van der Waals surface area contributed by atoms with Crippen LogP contribution in [0.5, 0.6) is 0 Å². The summed E-state index contributed by atoms with van der Waals surface area (Å²) in [7, 11) is 4.81. The van der Waals surface area contributed by atoms with Gasteiger partial charge in [-0.05, 0) is 97.5 Å². The number of ether oxygens (including phenoxy) is 1. The number of carbonyl (C=O) groups is 1. The minimum atomic E-state index is -0.789. The van der Waals surface area contributed by atoms with E-state index in [0.717, 1.165) is 25.6 Å². The number of fused-ring (bicyclic) bond motifs is 4. The highest BCUT2D eigenvalue weighted by Gasteiger charge is 2.21. The van der Waals surface area contributed by atoms with Crippen LogP contribution in [0.15, 0.2) is 122 Å². The van der Waals surface area contributed by atoms with Crippen LogP contribution >= 0.6 is 38.6 Å². The van der Waals surface area contributed by atoms with Gasteiger partial charge in [-0.15, -0.1) is 22.7 Å². The second-order valence-electron chi connectivity index (χ2n) is 14.6. The maximum atomic E-state index is 15.1. The topological polar surface area (TPSA) is 106 Å². The summed E-state index contributed by atoms with van der Waals surface area (Å²) in [4.78, 5) is 37.8. The highest BCUT2D eigenvalue weighted by molar-refractivity contribution is 9.10. The number of aryl methyl sites for hydroxylation is 2. The predicted octanol–water partition coefficient (Wildman–Crippen LogP) is 10.4. The van der Waals surface area contributed by atoms with Gasteiger partial charge in [-0.3, -0.25) is 19.0 Å². The zero-order valence-corrected chi connectivity index (χ0v) is 36.5. The lowest BCUT2D eigenvalue weighted by Gasteiger charge is -2.12. The molecule has 0 unspecified atom stereocenters. The summed E-state index contributed by atoms with van der Waals surface area (Å²) in [5.41, 5.74) is 2.62. The Morgan fingerprint density at radius 1 is 0.635 bits per heavy atom. The first kappa shape index (κ1) is 41.7. The smallest absolute Gasteiger partial charge is 0.340 e. The monoisotopic (exact) mass is 950 g/mol. The number of methoxy groups -OCH3 is 1. The third kappa shape index (κ3) is 7.65. The Morgan fingerprint density at radius 2 is 1.08 bits per heavy atom. The summed E-state index contributed by atoms with van der Waals surface area (Å²) in [6.45, 7) is -0.568. The molecule has 0 amide bonds. The molecule has 0 fully saturated rings. The average molecular weight is 952 g/mol. The van der Waals surface area contributed by atoms with E-state index in [1.54, 1.807) is 65.5 Å². The van der Waals surface area contributed by atoms with Crippen LogP contribution in [0.3, 0.4) is 0 Å². The maximum Gasteiger partial charge on any atom is 0.340 e. The van der Waals surface area contributed by atoms with Crippen molar-refractivity contribution < 1.29 is 27.1 Å². The van der Waals surface area contributed by atoms with Gasteiger partial charge in [-0.25, -0.2) is 22.4 Å². The molecule has 10 nitrogen and oxygen atoms in total. The largest absolute Gasteiger partial charge is 0.465 e. The molecular formula is C46H31BrF4N6O4S2. The normalized spacial score (nSPS) is 11.5. The third-order valence-corrected chi connectivity index (χ3v) is 13.4. The van der Waals surface area contributed by atoms with Crippen LogP contribution in [-0.4, -0.2) is 41.8 Å². The van der Waals surface area contributed by atoms with Gasteiger partial charge >= 0.3 is 5.97 Å². The number of pyridine rings is 2. The quantitative estimate of drug-likeness (QED) is 0.116. The van der Waals surface area contributed by atoms with Gasteiger partial charge in [-0.1, -0.05) is 24.3 Å². The Morgan fingerprint density at radius 3 is 1.56 bits per heavy atom. The summed E-state index contributed by atoms with van der Waals surface area (Å²) < 4.78 is 72.8. The van der Waals surface area contributed by atoms with Gasteiger partial charge in [0.2, 0.25) is 0 Å². The number of halogens is 5. The zero-order chi connectivity index (χ0) is 44.3. The Balaban J connectivity index is 0.000000161. The Hall–Kier alpha value is -6.69. The molecule has 0 aliphatic carbocycles. The number of hydrogen-bond acceptors (Lipinski definition) is 8. The first-order valence-corrected chi connectivity index (χ1v) is 21.6. The number of benzene rings is 4. The van der Waals surface area contributed by atoms with Crippen LogP contribution in [0.4, 0.5) is 17.6 Å². The molecule has 10 aromatic rings. The molecule has 316 valence electrons. The van der Waals surface area contributed by atoms with E-state index >= 15 is 8.78 Å². The summed E-state index contributed by atoms with van der Waals surface area (Å²) in [5.74, 6) is -3.60. The third-order valence-electron chi connectivity index (χ3n) is 10.6. The number of thiophene rings is 2. The van der Waals surface area contributed by atoms with Crippen molar-refractivity contribution >= 4 is 86.6 Å². The molecule has 0 N–H and O–H groups in total. The number of aromatic nitrogens is 6. The van der Waals surface area contributed by atoms with Crippen molar-refractivity contribution in [1.29, 1.82) is 0 Å². The summed E-state index contributed by atoms with van der Waals surface area (Å²) in [6.07, 6.45) is 6.47. The summed E-state index contributed by atoms with van der Waals surface area (Å²) in [6, 6.07) is 19.2. The number of hydrogen-bond donors (Lipinski definition) is 0. The lowest BCUT2D eigenvalue weighted by molar-refractivity contribution is 0.0602. The molecule has 0 bridgehead atoms. The van der Waals surface area contributed by atoms with Gasteiger partial charge in [0.15, 0.2) is 0 Å². The molecule has 0 aliphatic rings. The van der Waals surface area contributed by atoms with Crippen LogP contribution in [0.2, 0.25) is 0 Å². The molecule has 6 heterocycles. The minimum Gasteiger partial charge on any atom is -0.465 e. The van der Waals surface area contributed by atoms with Gasteiger partial charge in [0.1, 0.15) is 23.3 Å². The second-order valence-corrected chi connectivity index (χ2v) is 17.3. The van der Waals surface area contributed by atoms with Crippen LogP contribution in [0.25, 0.3) is 64.2 Å². The standard InChI is InChI=1S/C24H17F2N3O3S.C22H14BrF2N3OS/c1-28-10-16-14(4-3-5-21(16)27-28)13-8-19(25)17(20(26)9-13)11-29-12-18(24(31)32-2)22-15(23(29)30)6-7-33-22;1-27-9-15-13(3-2-4-20(15)26-27)12-7-18(24)16(19(25)8-12)10-28-11-17(23)21-14(22(28)29)5-6-30-21/h3-10,12H,11H2,1-2H3;2-9,11H,10H2,1H3. The van der Waals surface area contributed by atoms with Crippen LogP contribution in [-0.2, 0) is 31.9 Å². The van der Waals surface area contributed by atoms with Gasteiger partial charge in [0, 0.05) is 60.8 Å². The molecule has 0 radical (unpaired) electrons. The Kier molecular flexibility index (Phi) is 10.9. The molecule has 4 aromatic carbocycles. The van der Waals surface area contributed by atoms with Gasteiger partial charge < -0.3 is 13.9 Å². The SMILES string of the molecule is COC(=O)c1cn(Cc2c(F)cc(-c3cccc4nn(C)cc34)cc2F)c(=O)c2ccsc12.Cn1cc2c(-c3cc(F)c(Cn4cc(Br)c5sccc5c4=O)c(F)c3)cccc2n1. The highest BCUT2D eigenvalue weighted by Crippen LogP contribution is 2.33. The number of esters is 1. The van der Waals surface area contributed by atoms with Crippen LogP contribution < -0.4 is 11.1 Å². The first-order chi connectivity index (χ1) is 30.3. The van der Waals surface area contributed by atoms with Crippen molar-refractivity contribution in [2.75, 3.05) is 7.11 Å². The van der Waals surface area contributed by atoms with Crippen molar-refractivity contribution in [1.82, 2.24) is 28.7 Å². The van der Waals surface area contributed by atoms with Gasteiger partial charge in [-0.2, -0.15) is 10.2 Å². The zero-order valence-electron chi connectivity index (χ0n) is 33.3. The second kappa shape index (κ2) is 16.5. The molecule has 6 aromatic heterocycles. The van der Waals surface area contributed by atoms with E-state index in [9.17, 15) is 23.2 Å². The Bertz CT molecular complexity index is 3540. The molecule has 10 rings (SSSR count). The lowest BCUT2D eigenvalue weighted by Crippen LogP contribution is -2.23. The van der Waals surface area contributed by atoms with Gasteiger partial charge in [0.25, 0.3) is 11.1 Å². The maximum absolute atomic E-state index is 15.1. The van der Waals surface area contributed by atoms with Crippen molar-refractivity contribution in [3.63, 3.8) is 0 Å². The molecular weight excluding hydrogens is 921 g/mol. The van der Waals surface area contributed by atoms with Gasteiger partial charge in [0.05, 0.1) is 61.4 Å². The van der Waals surface area contributed by atoms with Crippen molar-refractivity contribution in [2.24, 2.45) is 14.1 Å². The molecule has 0 atom stereocenters. The fraction of sp³-hybridized carbons (Fsp3) is 0.109. The van der Waals surface area contributed by atoms with Crippen molar-refractivity contribution in [2.45, 2.75) is 13.1 Å². The van der Waals surface area contributed by atoms with E-state index in [-0.39, 0.29) is 35.3 Å². The van der Waals surface area contributed by atoms with E-state index in [1.807, 2.05) is 35.8 Å². The molecule has 17 heteroatoms. The molecule has 0 saturated heterocycles. The fourth-order valence-electron chi connectivity index (χ4n) is 7.66. The average Bonchev–Trinajstić information content (AvgIpc) is 4.09. The first-order valence-electron chi connectivity index (χ1n) is 19.1. The van der Waals surface area contributed by atoms with E-state index in [4.69, 9.17) is 4.74 Å². The van der Waals surface area contributed by atoms with Crippen LogP contribution in [0.1, 0.15) is 21.5 Å². The van der Waals surface area contributed by atoms with Crippen molar-refractivity contribution in [3.05, 3.63) is 173 Å². The minimum absolute atomic E-state index is 0.152. The number of nitrogens with zero attached hydrogens (tertiary/aromatic N) is 6. The highest BCUT2D eigenvalue weighted by atomic mass is 79.9. The van der Waals surface area contributed by atoms with E-state index in [2.05, 4.69) is 26.1 Å². The van der Waals surface area contributed by atoms with Crippen LogP contribution in [0, 0.1) is 23.3 Å². The molecule has 0 saturated carbocycles. The van der Waals surface area contributed by atoms with E-state index < -0.39 is 34.8 Å². The molecule has 0 spiro atoms. The number of rotatable bonds is 7. The summed E-state index contributed by atoms with van der Waals surface area (Å²) in [5, 5.41) is 14.6. The van der Waals surface area contributed by atoms with E-state index in [0.29, 0.717) is 47.7 Å². The van der Waals surface area contributed by atoms with Crippen molar-refractivity contribution in [3.8, 4) is 22.3 Å². The number of carbonyl (C=O) groups excluding carboxylic acids is 1.